The van der Waals surface area contributed by atoms with Crippen molar-refractivity contribution in [2.45, 2.75) is 25.9 Å². The van der Waals surface area contributed by atoms with Gasteiger partial charge in [0, 0.05) is 6.42 Å². The lowest BCUT2D eigenvalue weighted by Gasteiger charge is -2.09. The quantitative estimate of drug-likeness (QED) is 0.737. The van der Waals surface area contributed by atoms with E-state index >= 15 is 0 Å². The van der Waals surface area contributed by atoms with Crippen LogP contribution in [0.2, 0.25) is 0 Å². The SMILES string of the molecule is CC(F)c1cc(CCC=O)c2c(c1)OCO2. The number of aryl methyl sites for hydroxylation is 1. The fourth-order valence-electron chi connectivity index (χ4n) is 1.74. The highest BCUT2D eigenvalue weighted by molar-refractivity contribution is 5.55. The summed E-state index contributed by atoms with van der Waals surface area (Å²) in [5, 5.41) is 0. The lowest BCUT2D eigenvalue weighted by atomic mass is 10.0. The molecule has 4 heteroatoms. The van der Waals surface area contributed by atoms with Gasteiger partial charge in [0.25, 0.3) is 0 Å². The van der Waals surface area contributed by atoms with Gasteiger partial charge < -0.3 is 14.3 Å². The van der Waals surface area contributed by atoms with Crippen molar-refractivity contribution in [2.24, 2.45) is 0 Å². The summed E-state index contributed by atoms with van der Waals surface area (Å²) in [6.45, 7) is 1.63. The molecule has 0 aromatic heterocycles. The summed E-state index contributed by atoms with van der Waals surface area (Å²) in [7, 11) is 0. The van der Waals surface area contributed by atoms with Crippen molar-refractivity contribution < 1.29 is 18.7 Å². The topological polar surface area (TPSA) is 35.5 Å². The molecule has 1 aliphatic rings. The van der Waals surface area contributed by atoms with Gasteiger partial charge in [0.2, 0.25) is 6.79 Å². The number of carbonyl (C=O) groups excluding carboxylic acids is 1. The summed E-state index contributed by atoms with van der Waals surface area (Å²) in [6.07, 6.45) is 0.744. The van der Waals surface area contributed by atoms with Crippen LogP contribution >= 0.6 is 0 Å². The first kappa shape index (κ1) is 10.9. The molecule has 86 valence electrons. The molecule has 0 bridgehead atoms. The van der Waals surface area contributed by atoms with Crippen LogP contribution in [0.1, 0.15) is 30.6 Å². The lowest BCUT2D eigenvalue weighted by molar-refractivity contribution is -0.107. The molecule has 0 saturated heterocycles. The van der Waals surface area contributed by atoms with Crippen LogP contribution in [0.15, 0.2) is 12.1 Å². The number of rotatable bonds is 4. The van der Waals surface area contributed by atoms with Crippen LogP contribution in [0.5, 0.6) is 11.5 Å². The molecule has 2 rings (SSSR count). The molecule has 0 spiro atoms. The Labute approximate surface area is 93.2 Å². The summed E-state index contributed by atoms with van der Waals surface area (Å²) < 4.78 is 23.8. The first-order valence-corrected chi connectivity index (χ1v) is 5.22. The Morgan fingerprint density at radius 1 is 1.50 bits per heavy atom. The molecule has 1 heterocycles. The van der Waals surface area contributed by atoms with E-state index in [9.17, 15) is 9.18 Å². The van der Waals surface area contributed by atoms with Gasteiger partial charge in [0.15, 0.2) is 11.5 Å². The van der Waals surface area contributed by atoms with Crippen molar-refractivity contribution in [3.63, 3.8) is 0 Å². The molecule has 3 nitrogen and oxygen atoms in total. The van der Waals surface area contributed by atoms with Crippen LogP contribution in [0, 0.1) is 0 Å². The van der Waals surface area contributed by atoms with Crippen molar-refractivity contribution in [3.8, 4) is 11.5 Å². The van der Waals surface area contributed by atoms with Gasteiger partial charge in [-0.2, -0.15) is 0 Å². The Hall–Kier alpha value is -1.58. The van der Waals surface area contributed by atoms with Gasteiger partial charge in [-0.1, -0.05) is 0 Å². The number of ether oxygens (including phenoxy) is 2. The number of carbonyl (C=O) groups is 1. The Morgan fingerprint density at radius 3 is 3.00 bits per heavy atom. The predicted molar refractivity (Wildman–Crippen MR) is 56.5 cm³/mol. The molecule has 1 aliphatic heterocycles. The minimum absolute atomic E-state index is 0.160. The molecule has 1 atom stereocenters. The van der Waals surface area contributed by atoms with Crippen molar-refractivity contribution in [1.82, 2.24) is 0 Å². The highest BCUT2D eigenvalue weighted by Gasteiger charge is 2.20. The second-order valence-electron chi connectivity index (χ2n) is 3.74. The van der Waals surface area contributed by atoms with E-state index in [0.29, 0.717) is 29.9 Å². The van der Waals surface area contributed by atoms with E-state index in [1.165, 1.54) is 6.92 Å². The van der Waals surface area contributed by atoms with Gasteiger partial charge in [0.05, 0.1) is 0 Å². The maximum absolute atomic E-state index is 13.2. The standard InChI is InChI=1S/C12H13FO3/c1-8(13)10-5-9(3-2-4-14)12-11(6-10)15-7-16-12/h4-6,8H,2-3,7H2,1H3. The monoisotopic (exact) mass is 224 g/mol. The van der Waals surface area contributed by atoms with Crippen LogP contribution in [-0.2, 0) is 11.2 Å². The smallest absolute Gasteiger partial charge is 0.231 e. The second-order valence-corrected chi connectivity index (χ2v) is 3.74. The molecular formula is C12H13FO3. The number of benzene rings is 1. The van der Waals surface area contributed by atoms with E-state index in [-0.39, 0.29) is 6.79 Å². The maximum Gasteiger partial charge on any atom is 0.231 e. The zero-order valence-corrected chi connectivity index (χ0v) is 9.03. The molecule has 1 unspecified atom stereocenters. The molecule has 16 heavy (non-hydrogen) atoms. The molecule has 0 saturated carbocycles. The number of halogens is 1. The van der Waals surface area contributed by atoms with Gasteiger partial charge >= 0.3 is 0 Å². The van der Waals surface area contributed by atoms with Crippen molar-refractivity contribution in [2.75, 3.05) is 6.79 Å². The van der Waals surface area contributed by atoms with E-state index < -0.39 is 6.17 Å². The van der Waals surface area contributed by atoms with Crippen LogP contribution < -0.4 is 9.47 Å². The summed E-state index contributed by atoms with van der Waals surface area (Å²) in [5.41, 5.74) is 1.40. The van der Waals surface area contributed by atoms with Crippen LogP contribution in [0.25, 0.3) is 0 Å². The van der Waals surface area contributed by atoms with Gasteiger partial charge in [-0.3, -0.25) is 0 Å². The molecule has 0 aliphatic carbocycles. The fraction of sp³-hybridized carbons (Fsp3) is 0.417. The normalized spacial score (nSPS) is 14.9. The molecular weight excluding hydrogens is 211 g/mol. The summed E-state index contributed by atoms with van der Waals surface area (Å²) in [5.74, 6) is 1.22. The van der Waals surface area contributed by atoms with Gasteiger partial charge in [-0.05, 0) is 36.6 Å². The molecule has 0 N–H and O–H groups in total. The van der Waals surface area contributed by atoms with Crippen LogP contribution in [-0.4, -0.2) is 13.1 Å². The summed E-state index contributed by atoms with van der Waals surface area (Å²) in [6, 6.07) is 3.39. The average Bonchev–Trinajstić information content (AvgIpc) is 2.73. The highest BCUT2D eigenvalue weighted by atomic mass is 19.1. The second kappa shape index (κ2) is 4.51. The third kappa shape index (κ3) is 2.01. The van der Waals surface area contributed by atoms with Gasteiger partial charge in [0.1, 0.15) is 12.5 Å². The zero-order chi connectivity index (χ0) is 11.5. The van der Waals surface area contributed by atoms with Crippen molar-refractivity contribution in [3.05, 3.63) is 23.3 Å². The third-order valence-corrected chi connectivity index (χ3v) is 2.56. The van der Waals surface area contributed by atoms with E-state index in [1.807, 2.05) is 0 Å². The fourth-order valence-corrected chi connectivity index (χ4v) is 1.74. The van der Waals surface area contributed by atoms with E-state index in [1.54, 1.807) is 12.1 Å². The van der Waals surface area contributed by atoms with Crippen LogP contribution in [0.3, 0.4) is 0 Å². The Bertz CT molecular complexity index is 401. The largest absolute Gasteiger partial charge is 0.454 e. The lowest BCUT2D eigenvalue weighted by Crippen LogP contribution is -1.95. The van der Waals surface area contributed by atoms with E-state index in [2.05, 4.69) is 0 Å². The zero-order valence-electron chi connectivity index (χ0n) is 9.03. The Balaban J connectivity index is 2.36. The Morgan fingerprint density at radius 2 is 2.31 bits per heavy atom. The highest BCUT2D eigenvalue weighted by Crippen LogP contribution is 2.39. The van der Waals surface area contributed by atoms with Crippen molar-refractivity contribution in [1.29, 1.82) is 0 Å². The number of alkyl halides is 1. The molecule has 0 fully saturated rings. The first-order valence-electron chi connectivity index (χ1n) is 5.22. The predicted octanol–water partition coefficient (Wildman–Crippen LogP) is 2.58. The van der Waals surface area contributed by atoms with Crippen LogP contribution in [0.4, 0.5) is 4.39 Å². The number of aldehydes is 1. The average molecular weight is 224 g/mol. The van der Waals surface area contributed by atoms with E-state index in [0.717, 1.165) is 11.8 Å². The minimum Gasteiger partial charge on any atom is -0.454 e. The Kier molecular flexibility index (Phi) is 3.08. The van der Waals surface area contributed by atoms with Gasteiger partial charge in [-0.25, -0.2) is 4.39 Å². The van der Waals surface area contributed by atoms with Crippen molar-refractivity contribution >= 4 is 6.29 Å². The molecule has 0 amide bonds. The molecule has 1 aromatic carbocycles. The van der Waals surface area contributed by atoms with Gasteiger partial charge in [-0.15, -0.1) is 0 Å². The number of hydrogen-bond donors (Lipinski definition) is 0. The number of hydrogen-bond acceptors (Lipinski definition) is 3. The summed E-state index contributed by atoms with van der Waals surface area (Å²) >= 11 is 0. The first-order chi connectivity index (χ1) is 7.72. The maximum atomic E-state index is 13.2. The minimum atomic E-state index is -1.05. The van der Waals surface area contributed by atoms with E-state index in [4.69, 9.17) is 9.47 Å². The molecule has 0 radical (unpaired) electrons. The third-order valence-electron chi connectivity index (χ3n) is 2.56. The molecule has 1 aromatic rings. The summed E-state index contributed by atoms with van der Waals surface area (Å²) in [4.78, 5) is 10.4. The number of fused-ring (bicyclic) bond motifs is 1.